The summed E-state index contributed by atoms with van der Waals surface area (Å²) in [7, 11) is 0. The maximum Gasteiger partial charge on any atom is 0.408 e. The number of nitrogens with one attached hydrogen (secondary N) is 1. The van der Waals surface area contributed by atoms with Crippen molar-refractivity contribution in [3.8, 4) is 0 Å². The monoisotopic (exact) mass is 304 g/mol. The van der Waals surface area contributed by atoms with E-state index in [2.05, 4.69) is 10.3 Å². The summed E-state index contributed by atoms with van der Waals surface area (Å²) in [6, 6.07) is 0. The largest absolute Gasteiger partial charge is 0.476 e. The molecule has 2 aliphatic rings. The summed E-state index contributed by atoms with van der Waals surface area (Å²) < 4.78 is 10.3. The molecule has 0 spiro atoms. The van der Waals surface area contributed by atoms with Gasteiger partial charge in [-0.2, -0.15) is 0 Å². The number of alkyl carbamates (subject to hydrolysis) is 1. The van der Waals surface area contributed by atoms with Crippen LogP contribution < -0.4 is 5.32 Å². The number of nitrogens with zero attached hydrogens (tertiary/aromatic N) is 1. The molecule has 2 N–H and O–H groups in total. The van der Waals surface area contributed by atoms with Crippen LogP contribution in [0.2, 0.25) is 0 Å². The van der Waals surface area contributed by atoms with Gasteiger partial charge in [-0.25, -0.2) is 14.6 Å². The second kappa shape index (κ2) is 5.67. The van der Waals surface area contributed by atoms with Gasteiger partial charge in [0.15, 0.2) is 5.69 Å². The van der Waals surface area contributed by atoms with E-state index < -0.39 is 17.6 Å². The summed E-state index contributed by atoms with van der Waals surface area (Å²) >= 11 is 0. The Balaban J connectivity index is 1.57. The van der Waals surface area contributed by atoms with Gasteiger partial charge in [-0.3, -0.25) is 0 Å². The minimum atomic E-state index is -1.16. The first-order chi connectivity index (χ1) is 10.6. The second-order valence-electron chi connectivity index (χ2n) is 5.39. The van der Waals surface area contributed by atoms with Crippen molar-refractivity contribution in [3.63, 3.8) is 0 Å². The van der Waals surface area contributed by atoms with Gasteiger partial charge in [-0.15, -0.1) is 0 Å². The van der Waals surface area contributed by atoms with Gasteiger partial charge in [-0.05, 0) is 31.3 Å². The van der Waals surface area contributed by atoms with Crippen LogP contribution in [0.3, 0.4) is 0 Å². The fraction of sp³-hybridized carbons (Fsp3) is 0.400. The summed E-state index contributed by atoms with van der Waals surface area (Å²) in [5.74, 6) is -0.956. The lowest BCUT2D eigenvalue weighted by molar-refractivity contribution is 0.0690. The molecule has 1 heterocycles. The SMILES string of the molecule is O=C(NC1(c2nc(C(=O)O)co2)CC1)OCC1=CCCC=C1. The van der Waals surface area contributed by atoms with E-state index in [1.54, 1.807) is 0 Å². The van der Waals surface area contributed by atoms with E-state index in [0.717, 1.165) is 24.7 Å². The maximum atomic E-state index is 11.9. The number of hydrogen-bond donors (Lipinski definition) is 2. The average molecular weight is 304 g/mol. The number of aromatic nitrogens is 1. The third-order valence-corrected chi connectivity index (χ3v) is 3.67. The third kappa shape index (κ3) is 3.03. The zero-order valence-corrected chi connectivity index (χ0v) is 11.9. The molecule has 2 aliphatic carbocycles. The Morgan fingerprint density at radius 2 is 2.23 bits per heavy atom. The molecule has 0 radical (unpaired) electrons. The number of carbonyl (C=O) groups is 2. The number of hydrogen-bond acceptors (Lipinski definition) is 5. The molecule has 1 aromatic heterocycles. The van der Waals surface area contributed by atoms with E-state index in [-0.39, 0.29) is 18.2 Å². The molecule has 0 aromatic carbocycles. The van der Waals surface area contributed by atoms with E-state index in [0.29, 0.717) is 12.8 Å². The van der Waals surface area contributed by atoms with Gasteiger partial charge in [0.05, 0.1) is 0 Å². The molecule has 7 nitrogen and oxygen atoms in total. The summed E-state index contributed by atoms with van der Waals surface area (Å²) in [4.78, 5) is 26.6. The van der Waals surface area contributed by atoms with Gasteiger partial charge in [0, 0.05) is 0 Å². The van der Waals surface area contributed by atoms with Gasteiger partial charge in [0.2, 0.25) is 5.89 Å². The minimum absolute atomic E-state index is 0.172. The third-order valence-electron chi connectivity index (χ3n) is 3.67. The molecule has 7 heteroatoms. The van der Waals surface area contributed by atoms with E-state index in [9.17, 15) is 9.59 Å². The molecule has 116 valence electrons. The molecule has 0 saturated heterocycles. The number of amides is 1. The highest BCUT2D eigenvalue weighted by Crippen LogP contribution is 2.45. The summed E-state index contributed by atoms with van der Waals surface area (Å²) in [5.41, 5.74) is 0.0613. The molecular formula is C15H16N2O5. The lowest BCUT2D eigenvalue weighted by Gasteiger charge is -2.14. The van der Waals surface area contributed by atoms with E-state index >= 15 is 0 Å². The fourth-order valence-electron chi connectivity index (χ4n) is 2.26. The number of aromatic carboxylic acids is 1. The second-order valence-corrected chi connectivity index (χ2v) is 5.39. The van der Waals surface area contributed by atoms with E-state index in [1.165, 1.54) is 0 Å². The van der Waals surface area contributed by atoms with Crippen molar-refractivity contribution in [2.24, 2.45) is 0 Å². The molecule has 1 saturated carbocycles. The van der Waals surface area contributed by atoms with E-state index in [1.807, 2.05) is 18.2 Å². The van der Waals surface area contributed by atoms with Crippen molar-refractivity contribution in [1.29, 1.82) is 0 Å². The molecule has 0 atom stereocenters. The van der Waals surface area contributed by atoms with Gasteiger partial charge in [-0.1, -0.05) is 18.2 Å². The lowest BCUT2D eigenvalue weighted by Crippen LogP contribution is -2.36. The number of rotatable bonds is 5. The van der Waals surface area contributed by atoms with Crippen molar-refractivity contribution in [3.05, 3.63) is 41.6 Å². The van der Waals surface area contributed by atoms with Crippen LogP contribution in [0.5, 0.6) is 0 Å². The van der Waals surface area contributed by atoms with Gasteiger partial charge in [0.1, 0.15) is 18.4 Å². The topological polar surface area (TPSA) is 102 Å². The highest BCUT2D eigenvalue weighted by atomic mass is 16.5. The first kappa shape index (κ1) is 14.4. The van der Waals surface area contributed by atoms with Crippen LogP contribution in [-0.4, -0.2) is 28.8 Å². The Kier molecular flexibility index (Phi) is 3.70. The Hall–Kier alpha value is -2.57. The smallest absolute Gasteiger partial charge is 0.408 e. The van der Waals surface area contributed by atoms with Crippen LogP contribution in [0.15, 0.2) is 34.5 Å². The molecule has 3 rings (SSSR count). The highest BCUT2D eigenvalue weighted by Gasteiger charge is 2.51. The molecule has 0 aliphatic heterocycles. The van der Waals surface area contributed by atoms with Crippen LogP contribution in [0, 0.1) is 0 Å². The summed E-state index contributed by atoms with van der Waals surface area (Å²) in [6.45, 7) is 0.213. The van der Waals surface area contributed by atoms with Crippen LogP contribution in [0.4, 0.5) is 4.79 Å². The van der Waals surface area contributed by atoms with Crippen molar-refractivity contribution in [2.45, 2.75) is 31.2 Å². The van der Waals surface area contributed by atoms with Gasteiger partial charge >= 0.3 is 12.1 Å². The number of carboxylic acid groups (broad SMARTS) is 1. The number of carboxylic acids is 1. The molecule has 0 bridgehead atoms. The number of ether oxygens (including phenoxy) is 1. The fourth-order valence-corrected chi connectivity index (χ4v) is 2.26. The first-order valence-corrected chi connectivity index (χ1v) is 7.09. The molecular weight excluding hydrogens is 288 g/mol. The van der Waals surface area contributed by atoms with Crippen LogP contribution in [0.25, 0.3) is 0 Å². The number of oxazole rings is 1. The average Bonchev–Trinajstić information content (AvgIpc) is 3.11. The first-order valence-electron chi connectivity index (χ1n) is 7.09. The standard InChI is InChI=1S/C15H16N2O5/c18-12(19)11-9-21-13(16-11)15(6-7-15)17-14(20)22-8-10-4-2-1-3-5-10/h2,4-5,9H,1,3,6-8H2,(H,17,20)(H,18,19). The summed E-state index contributed by atoms with van der Waals surface area (Å²) in [6.07, 6.45) is 9.78. The molecule has 0 unspecified atom stereocenters. The zero-order chi connectivity index (χ0) is 15.6. The van der Waals surface area contributed by atoms with Crippen molar-refractivity contribution < 1.29 is 23.8 Å². The number of carbonyl (C=O) groups excluding carboxylic acids is 1. The Morgan fingerprint density at radius 1 is 1.41 bits per heavy atom. The van der Waals surface area contributed by atoms with Crippen molar-refractivity contribution >= 4 is 12.1 Å². The van der Waals surface area contributed by atoms with Crippen LogP contribution in [-0.2, 0) is 10.3 Å². The highest BCUT2D eigenvalue weighted by molar-refractivity contribution is 5.84. The Bertz CT molecular complexity index is 655. The predicted octanol–water partition coefficient (Wildman–Crippen LogP) is 2.36. The predicted molar refractivity (Wildman–Crippen MR) is 75.3 cm³/mol. The van der Waals surface area contributed by atoms with Crippen LogP contribution >= 0.6 is 0 Å². The molecule has 1 fully saturated rings. The normalized spacial score (nSPS) is 18.5. The van der Waals surface area contributed by atoms with Gasteiger partial charge in [0.25, 0.3) is 0 Å². The molecule has 22 heavy (non-hydrogen) atoms. The van der Waals surface area contributed by atoms with Crippen molar-refractivity contribution in [1.82, 2.24) is 10.3 Å². The quantitative estimate of drug-likeness (QED) is 0.866. The maximum absolute atomic E-state index is 11.9. The number of allylic oxidation sites excluding steroid dienone is 2. The van der Waals surface area contributed by atoms with Gasteiger partial charge < -0.3 is 19.6 Å². The van der Waals surface area contributed by atoms with E-state index in [4.69, 9.17) is 14.3 Å². The zero-order valence-electron chi connectivity index (χ0n) is 11.9. The minimum Gasteiger partial charge on any atom is -0.476 e. The summed E-state index contributed by atoms with van der Waals surface area (Å²) in [5, 5.41) is 11.6. The van der Waals surface area contributed by atoms with Crippen LogP contribution in [0.1, 0.15) is 42.1 Å². The van der Waals surface area contributed by atoms with Crippen molar-refractivity contribution in [2.75, 3.05) is 6.61 Å². The Labute approximate surface area is 126 Å². The Morgan fingerprint density at radius 3 is 2.82 bits per heavy atom. The molecule has 1 aromatic rings. The lowest BCUT2D eigenvalue weighted by atomic mass is 10.1. The molecule has 1 amide bonds.